The van der Waals surface area contributed by atoms with Gasteiger partial charge in [-0.05, 0) is 19.9 Å². The maximum Gasteiger partial charge on any atom is 0.259 e. The van der Waals surface area contributed by atoms with Gasteiger partial charge in [0.1, 0.15) is 6.61 Å². The Balaban J connectivity index is 2.48. The fourth-order valence-corrected chi connectivity index (χ4v) is 1.19. The molecule has 1 N–H and O–H groups in total. The van der Waals surface area contributed by atoms with E-state index in [-0.39, 0.29) is 12.4 Å². The van der Waals surface area contributed by atoms with Crippen molar-refractivity contribution in [2.75, 3.05) is 0 Å². The lowest BCUT2D eigenvalue weighted by Crippen LogP contribution is -1.94. The zero-order chi connectivity index (χ0) is 10.8. The van der Waals surface area contributed by atoms with E-state index in [1.54, 1.807) is 0 Å². The van der Waals surface area contributed by atoms with Crippen molar-refractivity contribution >= 4 is 0 Å². The normalized spacial score (nSPS) is 10.6. The molecule has 0 unspecified atom stereocenters. The van der Waals surface area contributed by atoms with Crippen LogP contribution in [0.1, 0.15) is 17.2 Å². The van der Waals surface area contributed by atoms with Crippen LogP contribution in [0.5, 0.6) is 0 Å². The van der Waals surface area contributed by atoms with Gasteiger partial charge >= 0.3 is 0 Å². The molecule has 0 saturated carbocycles. The molecule has 0 saturated heterocycles. The van der Waals surface area contributed by atoms with Crippen LogP contribution in [0.3, 0.4) is 0 Å². The van der Waals surface area contributed by atoms with Crippen LogP contribution >= 0.6 is 0 Å². The molecule has 78 valence electrons. The van der Waals surface area contributed by atoms with E-state index in [1.165, 1.54) is 0 Å². The summed E-state index contributed by atoms with van der Waals surface area (Å²) in [5.41, 5.74) is 2.24. The predicted octanol–water partition coefficient (Wildman–Crippen LogP) is 0.636. The number of aryl methyl sites for hydroxylation is 2. The van der Waals surface area contributed by atoms with Gasteiger partial charge in [0, 0.05) is 0 Å². The number of aromatic nitrogens is 4. The van der Waals surface area contributed by atoms with Gasteiger partial charge in [-0.2, -0.15) is 15.2 Å². The molecule has 0 aliphatic carbocycles. The Labute approximate surface area is 86.0 Å². The van der Waals surface area contributed by atoms with E-state index in [4.69, 9.17) is 9.63 Å². The molecule has 0 aromatic carbocycles. The van der Waals surface area contributed by atoms with E-state index >= 15 is 0 Å². The van der Waals surface area contributed by atoms with E-state index in [9.17, 15) is 0 Å². The Hall–Kier alpha value is -1.82. The largest absolute Gasteiger partial charge is 0.388 e. The monoisotopic (exact) mass is 206 g/mol. The van der Waals surface area contributed by atoms with Crippen molar-refractivity contribution in [3.8, 4) is 11.5 Å². The molecule has 6 nitrogen and oxygen atoms in total. The first-order valence-electron chi connectivity index (χ1n) is 4.45. The Kier molecular flexibility index (Phi) is 2.42. The molecular weight excluding hydrogens is 196 g/mol. The lowest BCUT2D eigenvalue weighted by molar-refractivity contribution is 0.264. The summed E-state index contributed by atoms with van der Waals surface area (Å²) in [6, 6.07) is 1.82. The molecule has 0 aliphatic heterocycles. The SMILES string of the molecule is Cc1cc(-c2nc(CO)no2)c(C)nn1. The second-order valence-electron chi connectivity index (χ2n) is 3.16. The van der Waals surface area contributed by atoms with E-state index in [1.807, 2.05) is 19.9 Å². The number of nitrogens with zero attached hydrogens (tertiary/aromatic N) is 4. The number of hydrogen-bond donors (Lipinski definition) is 1. The quantitative estimate of drug-likeness (QED) is 0.775. The van der Waals surface area contributed by atoms with Crippen LogP contribution in [0.15, 0.2) is 10.6 Å². The maximum absolute atomic E-state index is 8.81. The summed E-state index contributed by atoms with van der Waals surface area (Å²) in [5.74, 6) is 0.619. The van der Waals surface area contributed by atoms with Crippen molar-refractivity contribution in [1.29, 1.82) is 0 Å². The molecule has 0 atom stereocenters. The second kappa shape index (κ2) is 3.74. The van der Waals surface area contributed by atoms with Gasteiger partial charge in [0.2, 0.25) is 0 Å². The van der Waals surface area contributed by atoms with Crippen molar-refractivity contribution in [3.63, 3.8) is 0 Å². The van der Waals surface area contributed by atoms with Gasteiger partial charge in [0.25, 0.3) is 5.89 Å². The lowest BCUT2D eigenvalue weighted by atomic mass is 10.2. The third-order valence-corrected chi connectivity index (χ3v) is 1.94. The van der Waals surface area contributed by atoms with E-state index in [2.05, 4.69) is 20.3 Å². The van der Waals surface area contributed by atoms with Gasteiger partial charge in [0.15, 0.2) is 5.82 Å². The molecule has 0 amide bonds. The van der Waals surface area contributed by atoms with Crippen LogP contribution in [-0.4, -0.2) is 25.4 Å². The Bertz CT molecular complexity index is 481. The van der Waals surface area contributed by atoms with Crippen molar-refractivity contribution in [2.45, 2.75) is 20.5 Å². The molecule has 2 aromatic rings. The average molecular weight is 206 g/mol. The highest BCUT2D eigenvalue weighted by atomic mass is 16.5. The molecule has 0 spiro atoms. The van der Waals surface area contributed by atoms with Crippen LogP contribution < -0.4 is 0 Å². The zero-order valence-electron chi connectivity index (χ0n) is 8.43. The highest BCUT2D eigenvalue weighted by Gasteiger charge is 2.12. The van der Waals surface area contributed by atoms with Gasteiger partial charge in [0.05, 0.1) is 17.0 Å². The van der Waals surface area contributed by atoms with Gasteiger partial charge < -0.3 is 9.63 Å². The third kappa shape index (κ3) is 1.84. The van der Waals surface area contributed by atoms with Gasteiger partial charge in [-0.25, -0.2) is 0 Å². The Morgan fingerprint density at radius 2 is 2.13 bits per heavy atom. The average Bonchev–Trinajstić information content (AvgIpc) is 2.70. The summed E-state index contributed by atoms with van der Waals surface area (Å²) in [7, 11) is 0. The minimum absolute atomic E-state index is 0.236. The molecule has 2 aromatic heterocycles. The lowest BCUT2D eigenvalue weighted by Gasteiger charge is -1.98. The molecule has 2 heterocycles. The molecule has 0 radical (unpaired) electrons. The topological polar surface area (TPSA) is 84.9 Å². The van der Waals surface area contributed by atoms with E-state index in [0.717, 1.165) is 11.3 Å². The Morgan fingerprint density at radius 3 is 2.80 bits per heavy atom. The fraction of sp³-hybridized carbons (Fsp3) is 0.333. The minimum Gasteiger partial charge on any atom is -0.388 e. The summed E-state index contributed by atoms with van der Waals surface area (Å²) >= 11 is 0. The fourth-order valence-electron chi connectivity index (χ4n) is 1.19. The van der Waals surface area contributed by atoms with Crippen LogP contribution in [0.2, 0.25) is 0 Å². The molecule has 0 fully saturated rings. The molecule has 0 aliphatic rings. The van der Waals surface area contributed by atoms with Gasteiger partial charge in [-0.15, -0.1) is 0 Å². The molecule has 2 rings (SSSR count). The van der Waals surface area contributed by atoms with Crippen molar-refractivity contribution in [1.82, 2.24) is 20.3 Å². The first-order valence-corrected chi connectivity index (χ1v) is 4.45. The standard InChI is InChI=1S/C9H10N4O2/c1-5-3-7(6(2)12-11-5)9-10-8(4-14)13-15-9/h3,14H,4H2,1-2H3. The number of aliphatic hydroxyl groups excluding tert-OH is 1. The summed E-state index contributed by atoms with van der Waals surface area (Å²) in [6.45, 7) is 3.41. The third-order valence-electron chi connectivity index (χ3n) is 1.94. The zero-order valence-corrected chi connectivity index (χ0v) is 8.43. The summed E-state index contributed by atoms with van der Waals surface area (Å²) in [6.07, 6.45) is 0. The van der Waals surface area contributed by atoms with E-state index in [0.29, 0.717) is 11.6 Å². The Morgan fingerprint density at radius 1 is 1.33 bits per heavy atom. The first-order chi connectivity index (χ1) is 7.20. The number of aliphatic hydroxyl groups is 1. The highest BCUT2D eigenvalue weighted by Crippen LogP contribution is 2.19. The van der Waals surface area contributed by atoms with Crippen molar-refractivity contribution in [2.24, 2.45) is 0 Å². The molecule has 0 bridgehead atoms. The van der Waals surface area contributed by atoms with Crippen LogP contribution in [0, 0.1) is 13.8 Å². The van der Waals surface area contributed by atoms with Crippen molar-refractivity contribution < 1.29 is 9.63 Å². The highest BCUT2D eigenvalue weighted by molar-refractivity contribution is 5.55. The maximum atomic E-state index is 8.81. The predicted molar refractivity (Wildman–Crippen MR) is 50.7 cm³/mol. The van der Waals surface area contributed by atoms with Gasteiger partial charge in [-0.3, -0.25) is 0 Å². The minimum atomic E-state index is -0.236. The molecular formula is C9H10N4O2. The second-order valence-corrected chi connectivity index (χ2v) is 3.16. The molecule has 6 heteroatoms. The van der Waals surface area contributed by atoms with Crippen molar-refractivity contribution in [3.05, 3.63) is 23.3 Å². The number of rotatable bonds is 2. The summed E-state index contributed by atoms with van der Waals surface area (Å²) in [4.78, 5) is 4.01. The molecule has 15 heavy (non-hydrogen) atoms. The van der Waals surface area contributed by atoms with Crippen LogP contribution in [-0.2, 0) is 6.61 Å². The smallest absolute Gasteiger partial charge is 0.259 e. The van der Waals surface area contributed by atoms with Crippen LogP contribution in [0.25, 0.3) is 11.5 Å². The van der Waals surface area contributed by atoms with Gasteiger partial charge in [-0.1, -0.05) is 5.16 Å². The first kappa shape index (κ1) is 9.72. The van der Waals surface area contributed by atoms with Crippen LogP contribution in [0.4, 0.5) is 0 Å². The number of hydrogen-bond acceptors (Lipinski definition) is 6. The summed E-state index contributed by atoms with van der Waals surface area (Å²) in [5, 5.41) is 20.3. The van der Waals surface area contributed by atoms with E-state index < -0.39 is 0 Å². The summed E-state index contributed by atoms with van der Waals surface area (Å²) < 4.78 is 4.99.